The van der Waals surface area contributed by atoms with Crippen molar-refractivity contribution >= 4 is 11.8 Å². The first-order valence-electron chi connectivity index (χ1n) is 7.15. The number of carbonyl (C=O) groups excluding carboxylic acids is 1. The highest BCUT2D eigenvalue weighted by molar-refractivity contribution is 5.73. The minimum atomic E-state index is -0.262. The van der Waals surface area contributed by atoms with Crippen molar-refractivity contribution in [2.75, 3.05) is 25.0 Å². The maximum Gasteiger partial charge on any atom is 0.314 e. The number of nitrogens with one attached hydrogen (secondary N) is 3. The van der Waals surface area contributed by atoms with Gasteiger partial charge in [-0.1, -0.05) is 18.2 Å². The molecule has 116 valence electrons. The summed E-state index contributed by atoms with van der Waals surface area (Å²) in [4.78, 5) is 15.7. The van der Waals surface area contributed by atoms with Crippen LogP contribution in [0.5, 0.6) is 0 Å². The highest BCUT2D eigenvalue weighted by atomic mass is 19.1. The molecule has 0 aliphatic rings. The van der Waals surface area contributed by atoms with Crippen LogP contribution in [0.4, 0.5) is 15.0 Å². The molecule has 0 fully saturated rings. The van der Waals surface area contributed by atoms with Gasteiger partial charge in [-0.2, -0.15) is 0 Å². The predicted octanol–water partition coefficient (Wildman–Crippen LogP) is 2.17. The third-order valence-electron chi connectivity index (χ3n) is 2.97. The fraction of sp³-hybridized carbons (Fsp3) is 0.250. The molecule has 0 spiro atoms. The number of nitrogens with zero attached hydrogens (tertiary/aromatic N) is 1. The van der Waals surface area contributed by atoms with E-state index in [0.29, 0.717) is 26.1 Å². The molecular weight excluding hydrogens is 283 g/mol. The number of amides is 2. The minimum Gasteiger partial charge on any atom is -0.368 e. The van der Waals surface area contributed by atoms with E-state index in [1.54, 1.807) is 12.3 Å². The van der Waals surface area contributed by atoms with Gasteiger partial charge < -0.3 is 16.0 Å². The second-order valence-electron chi connectivity index (χ2n) is 4.70. The Hall–Kier alpha value is -2.63. The second-order valence-corrected chi connectivity index (χ2v) is 4.70. The van der Waals surface area contributed by atoms with Gasteiger partial charge in [0.05, 0.1) is 0 Å². The predicted molar refractivity (Wildman–Crippen MR) is 84.2 cm³/mol. The van der Waals surface area contributed by atoms with Gasteiger partial charge in [-0.25, -0.2) is 14.2 Å². The zero-order valence-corrected chi connectivity index (χ0v) is 12.2. The van der Waals surface area contributed by atoms with E-state index in [-0.39, 0.29) is 11.8 Å². The molecule has 22 heavy (non-hydrogen) atoms. The highest BCUT2D eigenvalue weighted by Gasteiger charge is 2.00. The number of aromatic nitrogens is 1. The van der Waals surface area contributed by atoms with Crippen LogP contribution in [0.25, 0.3) is 0 Å². The quantitative estimate of drug-likeness (QED) is 0.687. The summed E-state index contributed by atoms with van der Waals surface area (Å²) in [6.45, 7) is 1.54. The average molecular weight is 302 g/mol. The Balaban J connectivity index is 1.56. The average Bonchev–Trinajstić information content (AvgIpc) is 2.53. The van der Waals surface area contributed by atoms with Crippen molar-refractivity contribution in [3.05, 3.63) is 60.0 Å². The van der Waals surface area contributed by atoms with Crippen LogP contribution in [0.15, 0.2) is 48.7 Å². The molecular formula is C16H19FN4O. The standard InChI is InChI=1S/C16H19FN4O/c17-14-5-3-4-13(12-14)7-9-20-16(22)21-11-10-19-15-6-1-2-8-18-15/h1-6,8,12H,7,9-11H2,(H,18,19)(H2,20,21,22). The molecule has 1 aromatic heterocycles. The molecule has 1 heterocycles. The van der Waals surface area contributed by atoms with E-state index in [9.17, 15) is 9.18 Å². The Morgan fingerprint density at radius 1 is 1.05 bits per heavy atom. The Labute approximate surface area is 129 Å². The molecule has 0 radical (unpaired) electrons. The number of pyridine rings is 1. The van der Waals surface area contributed by atoms with Crippen molar-refractivity contribution in [3.8, 4) is 0 Å². The molecule has 0 bridgehead atoms. The van der Waals surface area contributed by atoms with Gasteiger partial charge in [0.1, 0.15) is 11.6 Å². The lowest BCUT2D eigenvalue weighted by atomic mass is 10.1. The number of benzene rings is 1. The first-order chi connectivity index (χ1) is 10.7. The summed E-state index contributed by atoms with van der Waals surface area (Å²) in [6, 6.07) is 11.7. The van der Waals surface area contributed by atoms with E-state index in [0.717, 1.165) is 11.4 Å². The topological polar surface area (TPSA) is 66.0 Å². The SMILES string of the molecule is O=C(NCCNc1ccccn1)NCCc1cccc(F)c1. The maximum atomic E-state index is 13.0. The van der Waals surface area contributed by atoms with E-state index in [2.05, 4.69) is 20.9 Å². The maximum absolute atomic E-state index is 13.0. The number of carbonyl (C=O) groups is 1. The molecule has 2 rings (SSSR count). The van der Waals surface area contributed by atoms with Crippen molar-refractivity contribution in [2.24, 2.45) is 0 Å². The van der Waals surface area contributed by atoms with E-state index < -0.39 is 0 Å². The molecule has 0 aliphatic carbocycles. The van der Waals surface area contributed by atoms with Gasteiger partial charge >= 0.3 is 6.03 Å². The van der Waals surface area contributed by atoms with Crippen LogP contribution in [-0.4, -0.2) is 30.6 Å². The fourth-order valence-corrected chi connectivity index (χ4v) is 1.91. The molecule has 1 aromatic carbocycles. The number of rotatable bonds is 7. The normalized spacial score (nSPS) is 10.0. The summed E-state index contributed by atoms with van der Waals surface area (Å²) in [5.74, 6) is 0.512. The van der Waals surface area contributed by atoms with Gasteiger partial charge in [0.25, 0.3) is 0 Å². The van der Waals surface area contributed by atoms with Crippen molar-refractivity contribution < 1.29 is 9.18 Å². The Bertz CT molecular complexity index is 592. The van der Waals surface area contributed by atoms with E-state index in [4.69, 9.17) is 0 Å². The molecule has 2 aromatic rings. The lowest BCUT2D eigenvalue weighted by Gasteiger charge is -2.09. The smallest absolute Gasteiger partial charge is 0.314 e. The zero-order chi connectivity index (χ0) is 15.6. The Morgan fingerprint density at radius 3 is 2.68 bits per heavy atom. The van der Waals surface area contributed by atoms with Crippen molar-refractivity contribution in [1.82, 2.24) is 15.6 Å². The first-order valence-corrected chi connectivity index (χ1v) is 7.15. The molecule has 2 amide bonds. The number of halogens is 1. The number of anilines is 1. The first kappa shape index (κ1) is 15.8. The molecule has 0 saturated carbocycles. The molecule has 0 unspecified atom stereocenters. The van der Waals surface area contributed by atoms with E-state index >= 15 is 0 Å². The molecule has 6 heteroatoms. The molecule has 0 atom stereocenters. The monoisotopic (exact) mass is 302 g/mol. The van der Waals surface area contributed by atoms with Crippen LogP contribution in [0.2, 0.25) is 0 Å². The number of hydrogen-bond acceptors (Lipinski definition) is 3. The fourth-order valence-electron chi connectivity index (χ4n) is 1.91. The van der Waals surface area contributed by atoms with Crippen LogP contribution in [0, 0.1) is 5.82 Å². The zero-order valence-electron chi connectivity index (χ0n) is 12.2. The van der Waals surface area contributed by atoms with Crippen LogP contribution >= 0.6 is 0 Å². The Morgan fingerprint density at radius 2 is 1.91 bits per heavy atom. The lowest BCUT2D eigenvalue weighted by molar-refractivity contribution is 0.241. The van der Waals surface area contributed by atoms with Gasteiger partial charge in [0.2, 0.25) is 0 Å². The number of urea groups is 1. The second kappa shape index (κ2) is 8.61. The van der Waals surface area contributed by atoms with Crippen LogP contribution < -0.4 is 16.0 Å². The van der Waals surface area contributed by atoms with Gasteiger partial charge in [-0.15, -0.1) is 0 Å². The van der Waals surface area contributed by atoms with E-state index in [1.807, 2.05) is 24.3 Å². The Kier molecular flexibility index (Phi) is 6.17. The van der Waals surface area contributed by atoms with Crippen LogP contribution in [0.3, 0.4) is 0 Å². The van der Waals surface area contributed by atoms with Crippen LogP contribution in [-0.2, 0) is 6.42 Å². The van der Waals surface area contributed by atoms with Crippen LogP contribution in [0.1, 0.15) is 5.56 Å². The summed E-state index contributed by atoms with van der Waals surface area (Å²) in [5.41, 5.74) is 0.858. The highest BCUT2D eigenvalue weighted by Crippen LogP contribution is 2.03. The molecule has 5 nitrogen and oxygen atoms in total. The summed E-state index contributed by atoms with van der Waals surface area (Å²) >= 11 is 0. The summed E-state index contributed by atoms with van der Waals surface area (Å²) in [5, 5.41) is 8.56. The van der Waals surface area contributed by atoms with Gasteiger partial charge in [0.15, 0.2) is 0 Å². The molecule has 0 aliphatic heterocycles. The third kappa shape index (κ3) is 5.78. The van der Waals surface area contributed by atoms with Gasteiger partial charge in [0, 0.05) is 25.8 Å². The van der Waals surface area contributed by atoms with Gasteiger partial charge in [-0.3, -0.25) is 0 Å². The van der Waals surface area contributed by atoms with E-state index in [1.165, 1.54) is 12.1 Å². The van der Waals surface area contributed by atoms with Gasteiger partial charge in [-0.05, 0) is 36.2 Å². The van der Waals surface area contributed by atoms with Crippen molar-refractivity contribution in [3.63, 3.8) is 0 Å². The minimum absolute atomic E-state index is 0.237. The molecule has 0 saturated heterocycles. The van der Waals surface area contributed by atoms with Crippen molar-refractivity contribution in [2.45, 2.75) is 6.42 Å². The third-order valence-corrected chi connectivity index (χ3v) is 2.97. The summed E-state index contributed by atoms with van der Waals surface area (Å²) in [6.07, 6.45) is 2.30. The largest absolute Gasteiger partial charge is 0.368 e. The molecule has 3 N–H and O–H groups in total. The number of hydrogen-bond donors (Lipinski definition) is 3. The van der Waals surface area contributed by atoms with Crippen molar-refractivity contribution in [1.29, 1.82) is 0 Å². The summed E-state index contributed by atoms with van der Waals surface area (Å²) in [7, 11) is 0. The summed E-state index contributed by atoms with van der Waals surface area (Å²) < 4.78 is 13.0. The lowest BCUT2D eigenvalue weighted by Crippen LogP contribution is -2.38.